The lowest BCUT2D eigenvalue weighted by Gasteiger charge is -2.11. The minimum Gasteiger partial charge on any atom is -0.469 e. The Morgan fingerprint density at radius 2 is 2.08 bits per heavy atom. The average molecular weight is 196 g/mol. The first-order chi connectivity index (χ1) is 6.29. The SMILES string of the molecule is COC(=O)C(CS)c1ccccc1. The van der Waals surface area contributed by atoms with E-state index in [2.05, 4.69) is 17.4 Å². The quantitative estimate of drug-likeness (QED) is 0.590. The first-order valence-corrected chi connectivity index (χ1v) is 4.66. The molecule has 0 aliphatic heterocycles. The van der Waals surface area contributed by atoms with Crippen LogP contribution >= 0.6 is 12.6 Å². The molecule has 1 atom stereocenters. The van der Waals surface area contributed by atoms with Gasteiger partial charge in [0.1, 0.15) is 0 Å². The maximum atomic E-state index is 11.3. The van der Waals surface area contributed by atoms with Gasteiger partial charge in [-0.3, -0.25) is 4.79 Å². The number of hydrogen-bond donors (Lipinski definition) is 1. The van der Waals surface area contributed by atoms with Gasteiger partial charge in [0.2, 0.25) is 0 Å². The number of ether oxygens (including phenoxy) is 1. The molecule has 0 fully saturated rings. The second-order valence-electron chi connectivity index (χ2n) is 2.67. The van der Waals surface area contributed by atoms with Gasteiger partial charge >= 0.3 is 5.97 Å². The largest absolute Gasteiger partial charge is 0.469 e. The number of carbonyl (C=O) groups is 1. The van der Waals surface area contributed by atoms with Gasteiger partial charge < -0.3 is 4.74 Å². The summed E-state index contributed by atoms with van der Waals surface area (Å²) in [6.07, 6.45) is 0. The van der Waals surface area contributed by atoms with Crippen LogP contribution in [0.5, 0.6) is 0 Å². The summed E-state index contributed by atoms with van der Waals surface area (Å²) in [4.78, 5) is 11.3. The lowest BCUT2D eigenvalue weighted by atomic mass is 10.0. The predicted molar refractivity (Wildman–Crippen MR) is 55.1 cm³/mol. The van der Waals surface area contributed by atoms with Gasteiger partial charge in [-0.1, -0.05) is 30.3 Å². The first-order valence-electron chi connectivity index (χ1n) is 4.03. The summed E-state index contributed by atoms with van der Waals surface area (Å²) in [5.74, 6) is -0.0211. The number of esters is 1. The van der Waals surface area contributed by atoms with Crippen molar-refractivity contribution in [1.29, 1.82) is 0 Å². The van der Waals surface area contributed by atoms with Crippen molar-refractivity contribution in [2.45, 2.75) is 5.92 Å². The van der Waals surface area contributed by atoms with Crippen LogP contribution < -0.4 is 0 Å². The summed E-state index contributed by atoms with van der Waals surface area (Å²) in [6.45, 7) is 0. The molecule has 1 aromatic carbocycles. The molecule has 1 rings (SSSR count). The Labute approximate surface area is 83.3 Å². The monoisotopic (exact) mass is 196 g/mol. The standard InChI is InChI=1S/C10H12O2S/c1-12-10(11)9(7-13)8-5-3-2-4-6-8/h2-6,9,13H,7H2,1H3. The van der Waals surface area contributed by atoms with Gasteiger partial charge in [0.15, 0.2) is 0 Å². The predicted octanol–water partition coefficient (Wildman–Crippen LogP) is 1.87. The van der Waals surface area contributed by atoms with Crippen LogP contribution in [0.15, 0.2) is 30.3 Å². The van der Waals surface area contributed by atoms with Crippen LogP contribution in [0, 0.1) is 0 Å². The number of benzene rings is 1. The maximum Gasteiger partial charge on any atom is 0.313 e. The van der Waals surface area contributed by atoms with Crippen molar-refractivity contribution in [2.75, 3.05) is 12.9 Å². The second kappa shape index (κ2) is 4.92. The van der Waals surface area contributed by atoms with Crippen molar-refractivity contribution in [3.8, 4) is 0 Å². The van der Waals surface area contributed by atoms with Gasteiger partial charge in [-0.25, -0.2) is 0 Å². The smallest absolute Gasteiger partial charge is 0.313 e. The maximum absolute atomic E-state index is 11.3. The minimum atomic E-state index is -0.255. The van der Waals surface area contributed by atoms with Crippen LogP contribution in [0.2, 0.25) is 0 Å². The van der Waals surface area contributed by atoms with Gasteiger partial charge in [0.25, 0.3) is 0 Å². The van der Waals surface area contributed by atoms with Crippen molar-refractivity contribution in [3.63, 3.8) is 0 Å². The van der Waals surface area contributed by atoms with Crippen molar-refractivity contribution < 1.29 is 9.53 Å². The fourth-order valence-electron chi connectivity index (χ4n) is 1.14. The number of methoxy groups -OCH3 is 1. The molecule has 1 unspecified atom stereocenters. The highest BCUT2D eigenvalue weighted by Gasteiger charge is 2.18. The fraction of sp³-hybridized carbons (Fsp3) is 0.300. The molecule has 0 saturated carbocycles. The van der Waals surface area contributed by atoms with E-state index >= 15 is 0 Å². The molecular weight excluding hydrogens is 184 g/mol. The third-order valence-electron chi connectivity index (χ3n) is 1.87. The van der Waals surface area contributed by atoms with E-state index in [0.29, 0.717) is 5.75 Å². The molecule has 1 aromatic rings. The van der Waals surface area contributed by atoms with Gasteiger partial charge in [-0.15, -0.1) is 0 Å². The van der Waals surface area contributed by atoms with E-state index in [1.165, 1.54) is 7.11 Å². The van der Waals surface area contributed by atoms with Crippen LogP contribution in [0.4, 0.5) is 0 Å². The Balaban J connectivity index is 2.85. The molecule has 0 radical (unpaired) electrons. The summed E-state index contributed by atoms with van der Waals surface area (Å²) >= 11 is 4.12. The number of hydrogen-bond acceptors (Lipinski definition) is 3. The first kappa shape index (κ1) is 10.1. The number of rotatable bonds is 3. The van der Waals surface area contributed by atoms with E-state index in [4.69, 9.17) is 0 Å². The van der Waals surface area contributed by atoms with E-state index in [1.54, 1.807) is 0 Å². The zero-order valence-corrected chi connectivity index (χ0v) is 8.33. The van der Waals surface area contributed by atoms with Crippen LogP contribution in [0.25, 0.3) is 0 Å². The molecule has 0 heterocycles. The van der Waals surface area contributed by atoms with Crippen LogP contribution in [0.1, 0.15) is 11.5 Å². The summed E-state index contributed by atoms with van der Waals surface area (Å²) in [5.41, 5.74) is 0.948. The average Bonchev–Trinajstić information content (AvgIpc) is 2.20. The Bertz CT molecular complexity index is 272. The van der Waals surface area contributed by atoms with E-state index in [1.807, 2.05) is 30.3 Å². The van der Waals surface area contributed by atoms with E-state index in [-0.39, 0.29) is 11.9 Å². The summed E-state index contributed by atoms with van der Waals surface area (Å²) in [6, 6.07) is 9.51. The highest BCUT2D eigenvalue weighted by molar-refractivity contribution is 7.80. The topological polar surface area (TPSA) is 26.3 Å². The molecular formula is C10H12O2S. The molecule has 0 bridgehead atoms. The van der Waals surface area contributed by atoms with E-state index < -0.39 is 0 Å². The summed E-state index contributed by atoms with van der Waals surface area (Å²) in [5, 5.41) is 0. The van der Waals surface area contributed by atoms with Crippen molar-refractivity contribution in [2.24, 2.45) is 0 Å². The van der Waals surface area contributed by atoms with E-state index in [9.17, 15) is 4.79 Å². The number of thiol groups is 1. The normalized spacial score (nSPS) is 12.2. The highest BCUT2D eigenvalue weighted by Crippen LogP contribution is 2.17. The van der Waals surface area contributed by atoms with Gasteiger partial charge in [-0.05, 0) is 5.56 Å². The Hall–Kier alpha value is -0.960. The molecule has 13 heavy (non-hydrogen) atoms. The molecule has 0 aliphatic rings. The van der Waals surface area contributed by atoms with Gasteiger partial charge in [0, 0.05) is 5.75 Å². The zero-order chi connectivity index (χ0) is 9.68. The molecule has 70 valence electrons. The third-order valence-corrected chi connectivity index (χ3v) is 2.24. The molecule has 0 amide bonds. The zero-order valence-electron chi connectivity index (χ0n) is 7.43. The molecule has 2 nitrogen and oxygen atoms in total. The molecule has 0 saturated heterocycles. The Morgan fingerprint density at radius 3 is 2.54 bits per heavy atom. The molecule has 3 heteroatoms. The van der Waals surface area contributed by atoms with Crippen LogP contribution in [-0.4, -0.2) is 18.8 Å². The highest BCUT2D eigenvalue weighted by atomic mass is 32.1. The van der Waals surface area contributed by atoms with Gasteiger partial charge in [-0.2, -0.15) is 12.6 Å². The van der Waals surface area contributed by atoms with Gasteiger partial charge in [0.05, 0.1) is 13.0 Å². The molecule has 0 aliphatic carbocycles. The van der Waals surface area contributed by atoms with Crippen molar-refractivity contribution in [1.82, 2.24) is 0 Å². The number of carbonyl (C=O) groups excluding carboxylic acids is 1. The molecule has 0 aromatic heterocycles. The summed E-state index contributed by atoms with van der Waals surface area (Å²) < 4.78 is 4.67. The molecule has 0 spiro atoms. The minimum absolute atomic E-state index is 0.235. The third kappa shape index (κ3) is 2.49. The van der Waals surface area contributed by atoms with Crippen molar-refractivity contribution >= 4 is 18.6 Å². The summed E-state index contributed by atoms with van der Waals surface area (Å²) in [7, 11) is 1.39. The lowest BCUT2D eigenvalue weighted by molar-refractivity contribution is -0.141. The van der Waals surface area contributed by atoms with Crippen LogP contribution in [0.3, 0.4) is 0 Å². The van der Waals surface area contributed by atoms with Crippen molar-refractivity contribution in [3.05, 3.63) is 35.9 Å². The van der Waals surface area contributed by atoms with Crippen LogP contribution in [-0.2, 0) is 9.53 Å². The molecule has 0 N–H and O–H groups in total. The van der Waals surface area contributed by atoms with E-state index in [0.717, 1.165) is 5.56 Å². The second-order valence-corrected chi connectivity index (χ2v) is 3.03. The Morgan fingerprint density at radius 1 is 1.46 bits per heavy atom. The fourth-order valence-corrected chi connectivity index (χ4v) is 1.50. The lowest BCUT2D eigenvalue weighted by Crippen LogP contribution is -2.15. The Kier molecular flexibility index (Phi) is 3.83.